The Morgan fingerprint density at radius 2 is 1.86 bits per heavy atom. The predicted molar refractivity (Wildman–Crippen MR) is 112 cm³/mol. The first-order chi connectivity index (χ1) is 14.1. The van der Waals surface area contributed by atoms with Gasteiger partial charge in [-0.15, -0.1) is 0 Å². The second-order valence-electron chi connectivity index (χ2n) is 7.62. The van der Waals surface area contributed by atoms with Gasteiger partial charge in [0.2, 0.25) is 0 Å². The van der Waals surface area contributed by atoms with Crippen molar-refractivity contribution in [2.24, 2.45) is 0 Å². The molecule has 4 rings (SSSR count). The van der Waals surface area contributed by atoms with E-state index in [1.807, 2.05) is 36.4 Å². The fourth-order valence-electron chi connectivity index (χ4n) is 4.04. The summed E-state index contributed by atoms with van der Waals surface area (Å²) in [5.74, 6) is -0.352. The molecule has 0 amide bonds. The molecule has 1 atom stereocenters. The topological polar surface area (TPSA) is 64.4 Å². The number of methoxy groups -OCH3 is 1. The van der Waals surface area contributed by atoms with E-state index in [1.165, 1.54) is 7.11 Å². The fraction of sp³-hybridized carbons (Fsp3) is 0.348. The second-order valence-corrected chi connectivity index (χ2v) is 7.62. The van der Waals surface area contributed by atoms with Gasteiger partial charge in [0.1, 0.15) is 0 Å². The number of ether oxygens (including phenoxy) is 1. The number of hydrogen-bond donors (Lipinski definition) is 0. The number of nitrogens with zero attached hydrogens (tertiary/aromatic N) is 3. The predicted octanol–water partition coefficient (Wildman–Crippen LogP) is 2.87. The Bertz CT molecular complexity index is 1090. The normalized spacial score (nSPS) is 17.0. The highest BCUT2D eigenvalue weighted by Gasteiger charge is 2.23. The summed E-state index contributed by atoms with van der Waals surface area (Å²) in [4.78, 5) is 27.0. The molecule has 6 nitrogen and oxygen atoms in total. The van der Waals surface area contributed by atoms with E-state index in [2.05, 4.69) is 11.9 Å². The molecule has 150 valence electrons. The van der Waals surface area contributed by atoms with Crippen molar-refractivity contribution in [2.75, 3.05) is 20.7 Å². The zero-order valence-corrected chi connectivity index (χ0v) is 16.8. The number of hydrogen-bond acceptors (Lipinski definition) is 5. The Morgan fingerprint density at radius 3 is 2.52 bits per heavy atom. The third-order valence-corrected chi connectivity index (χ3v) is 5.75. The van der Waals surface area contributed by atoms with Crippen LogP contribution in [0, 0.1) is 0 Å². The summed E-state index contributed by atoms with van der Waals surface area (Å²) in [6.45, 7) is 1.67. The zero-order chi connectivity index (χ0) is 20.4. The average Bonchev–Trinajstić information content (AvgIpc) is 3.16. The van der Waals surface area contributed by atoms with Crippen LogP contribution in [-0.4, -0.2) is 47.4 Å². The molecule has 0 radical (unpaired) electrons. The molecule has 3 aromatic rings. The van der Waals surface area contributed by atoms with Crippen LogP contribution in [0.2, 0.25) is 0 Å². The highest BCUT2D eigenvalue weighted by molar-refractivity contribution is 5.89. The van der Waals surface area contributed by atoms with Crippen molar-refractivity contribution in [1.82, 2.24) is 14.7 Å². The van der Waals surface area contributed by atoms with Gasteiger partial charge >= 0.3 is 5.97 Å². The Balaban J connectivity index is 1.70. The molecule has 1 aromatic heterocycles. The molecular formula is C23H25N3O3. The summed E-state index contributed by atoms with van der Waals surface area (Å²) in [6.07, 6.45) is 2.83. The van der Waals surface area contributed by atoms with Gasteiger partial charge < -0.3 is 9.64 Å². The number of carbonyl (C=O) groups is 1. The van der Waals surface area contributed by atoms with Gasteiger partial charge in [-0.1, -0.05) is 30.3 Å². The molecule has 1 saturated heterocycles. The molecule has 2 aromatic carbocycles. The number of likely N-dealkylation sites (tertiary alicyclic amines) is 1. The molecule has 0 bridgehead atoms. The summed E-state index contributed by atoms with van der Waals surface area (Å²) in [5.41, 5.74) is 2.37. The monoisotopic (exact) mass is 391 g/mol. The molecule has 0 aliphatic carbocycles. The van der Waals surface area contributed by atoms with Crippen LogP contribution in [-0.2, 0) is 17.7 Å². The van der Waals surface area contributed by atoms with Crippen LogP contribution in [0.4, 0.5) is 0 Å². The van der Waals surface area contributed by atoms with Crippen LogP contribution >= 0.6 is 0 Å². The Kier molecular flexibility index (Phi) is 5.45. The maximum atomic E-state index is 13.0. The van der Waals surface area contributed by atoms with Crippen LogP contribution in [0.3, 0.4) is 0 Å². The second kappa shape index (κ2) is 8.17. The maximum absolute atomic E-state index is 13.0. The number of carbonyl (C=O) groups excluding carboxylic acids is 1. The van der Waals surface area contributed by atoms with E-state index in [1.54, 1.807) is 16.8 Å². The summed E-state index contributed by atoms with van der Waals surface area (Å²) < 4.78 is 6.39. The minimum Gasteiger partial charge on any atom is -0.465 e. The average molecular weight is 391 g/mol. The molecule has 2 heterocycles. The van der Waals surface area contributed by atoms with Crippen molar-refractivity contribution in [2.45, 2.75) is 31.8 Å². The van der Waals surface area contributed by atoms with Crippen LogP contribution in [0.1, 0.15) is 34.5 Å². The molecule has 29 heavy (non-hydrogen) atoms. The minimum absolute atomic E-state index is 0.0364. The Labute approximate surface area is 169 Å². The van der Waals surface area contributed by atoms with E-state index in [9.17, 15) is 9.59 Å². The number of benzene rings is 2. The van der Waals surface area contributed by atoms with E-state index in [0.29, 0.717) is 30.0 Å². The number of rotatable bonds is 5. The summed E-state index contributed by atoms with van der Waals surface area (Å²) >= 11 is 0. The van der Waals surface area contributed by atoms with Crippen LogP contribution in [0.25, 0.3) is 10.8 Å². The Hall–Kier alpha value is -2.99. The van der Waals surface area contributed by atoms with Gasteiger partial charge in [0, 0.05) is 17.8 Å². The van der Waals surface area contributed by atoms with Gasteiger partial charge in [-0.3, -0.25) is 4.79 Å². The summed E-state index contributed by atoms with van der Waals surface area (Å²) in [6, 6.07) is 15.3. The lowest BCUT2D eigenvalue weighted by Gasteiger charge is -2.20. The van der Waals surface area contributed by atoms with Crippen LogP contribution in [0.15, 0.2) is 53.3 Å². The van der Waals surface area contributed by atoms with Crippen molar-refractivity contribution in [3.8, 4) is 0 Å². The Morgan fingerprint density at radius 1 is 1.14 bits per heavy atom. The third-order valence-electron chi connectivity index (χ3n) is 5.75. The quantitative estimate of drug-likeness (QED) is 0.626. The van der Waals surface area contributed by atoms with Gasteiger partial charge in [-0.2, -0.15) is 5.10 Å². The van der Waals surface area contributed by atoms with Gasteiger partial charge in [0.15, 0.2) is 0 Å². The third kappa shape index (κ3) is 3.93. The largest absolute Gasteiger partial charge is 0.465 e. The van der Waals surface area contributed by atoms with E-state index in [-0.39, 0.29) is 11.5 Å². The summed E-state index contributed by atoms with van der Waals surface area (Å²) in [7, 11) is 3.48. The van der Waals surface area contributed by atoms with Gasteiger partial charge in [0.25, 0.3) is 5.56 Å². The van der Waals surface area contributed by atoms with Gasteiger partial charge in [0.05, 0.1) is 30.3 Å². The molecule has 0 spiro atoms. The molecule has 1 aliphatic heterocycles. The maximum Gasteiger partial charge on any atom is 0.337 e. The number of esters is 1. The fourth-order valence-corrected chi connectivity index (χ4v) is 4.04. The van der Waals surface area contributed by atoms with Gasteiger partial charge in [-0.05, 0) is 50.2 Å². The SMILES string of the molecule is COC(=O)c1ccc(Cc2nn(C[C@H]3CCCN3C)c(=O)c3ccccc23)cc1. The van der Waals surface area contributed by atoms with Crippen molar-refractivity contribution in [3.63, 3.8) is 0 Å². The van der Waals surface area contributed by atoms with Crippen LogP contribution < -0.4 is 5.56 Å². The molecule has 0 N–H and O–H groups in total. The smallest absolute Gasteiger partial charge is 0.337 e. The summed E-state index contributed by atoms with van der Waals surface area (Å²) in [5, 5.41) is 6.33. The van der Waals surface area contributed by atoms with E-state index in [4.69, 9.17) is 9.84 Å². The van der Waals surface area contributed by atoms with Crippen molar-refractivity contribution in [3.05, 3.63) is 75.7 Å². The lowest BCUT2D eigenvalue weighted by atomic mass is 10.0. The lowest BCUT2D eigenvalue weighted by Crippen LogP contribution is -2.35. The van der Waals surface area contributed by atoms with Crippen LogP contribution in [0.5, 0.6) is 0 Å². The molecule has 0 unspecified atom stereocenters. The first-order valence-electron chi connectivity index (χ1n) is 9.93. The highest BCUT2D eigenvalue weighted by Crippen LogP contribution is 2.20. The molecular weight excluding hydrogens is 366 g/mol. The molecule has 0 saturated carbocycles. The van der Waals surface area contributed by atoms with E-state index >= 15 is 0 Å². The number of aromatic nitrogens is 2. The number of fused-ring (bicyclic) bond motifs is 1. The molecule has 1 fully saturated rings. The standard InChI is InChI=1S/C23H25N3O3/c1-25-13-5-6-18(25)15-26-22(27)20-8-4-3-7-19(20)21(24-26)14-16-9-11-17(12-10-16)23(28)29-2/h3-4,7-12,18H,5-6,13-15H2,1-2H3/t18-/m1/s1. The zero-order valence-electron chi connectivity index (χ0n) is 16.8. The molecule has 1 aliphatic rings. The van der Waals surface area contributed by atoms with Crippen molar-refractivity contribution < 1.29 is 9.53 Å². The highest BCUT2D eigenvalue weighted by atomic mass is 16.5. The molecule has 6 heteroatoms. The lowest BCUT2D eigenvalue weighted by molar-refractivity contribution is 0.0600. The van der Waals surface area contributed by atoms with E-state index < -0.39 is 0 Å². The minimum atomic E-state index is -0.352. The number of likely N-dealkylation sites (N-methyl/N-ethyl adjacent to an activating group) is 1. The first kappa shape index (κ1) is 19.3. The first-order valence-corrected chi connectivity index (χ1v) is 9.93. The van der Waals surface area contributed by atoms with Crippen molar-refractivity contribution in [1.29, 1.82) is 0 Å². The van der Waals surface area contributed by atoms with Crippen molar-refractivity contribution >= 4 is 16.7 Å². The van der Waals surface area contributed by atoms with E-state index in [0.717, 1.165) is 36.0 Å². The van der Waals surface area contributed by atoms with Gasteiger partial charge in [-0.25, -0.2) is 9.48 Å².